The predicted molar refractivity (Wildman–Crippen MR) is 191 cm³/mol. The van der Waals surface area contributed by atoms with Gasteiger partial charge in [0.2, 0.25) is 0 Å². The zero-order valence-corrected chi connectivity index (χ0v) is 25.2. The molecule has 0 fully saturated rings. The van der Waals surface area contributed by atoms with E-state index in [-0.39, 0.29) is 0 Å². The molecule has 4 nitrogen and oxygen atoms in total. The van der Waals surface area contributed by atoms with E-state index in [9.17, 15) is 0 Å². The number of para-hydroxylation sites is 1. The van der Waals surface area contributed by atoms with Crippen LogP contribution in [0.2, 0.25) is 0 Å². The molecule has 0 saturated heterocycles. The minimum atomic E-state index is 0.607. The molecule has 0 amide bonds. The fourth-order valence-electron chi connectivity index (χ4n) is 7.13. The smallest absolute Gasteiger partial charge is 0.164 e. The number of nitrogens with zero attached hydrogens (tertiary/aromatic N) is 3. The minimum absolute atomic E-state index is 0.607. The first-order chi connectivity index (χ1) is 23.3. The molecule has 0 aliphatic heterocycles. The van der Waals surface area contributed by atoms with E-state index in [0.29, 0.717) is 17.5 Å². The lowest BCUT2D eigenvalue weighted by atomic mass is 9.98. The molecule has 0 bridgehead atoms. The first-order valence-electron chi connectivity index (χ1n) is 15.8. The highest BCUT2D eigenvalue weighted by Gasteiger charge is 2.24. The van der Waals surface area contributed by atoms with E-state index >= 15 is 0 Å². The first kappa shape index (κ1) is 25.9. The average Bonchev–Trinajstić information content (AvgIpc) is 3.69. The standard InChI is InChI=1S/C43H25N3O/c1-3-11-26(12-4-1)30-23-24-35(39-34-17-7-8-20-37(34)47-40(30)39)43-45-41(28-13-5-2-6-14-28)44-42(46-43)29-21-22-31-32-18-9-15-27-16-10-19-33(38(27)32)36(31)25-29/h1-25H. The van der Waals surface area contributed by atoms with Gasteiger partial charge in [0.05, 0.1) is 0 Å². The second kappa shape index (κ2) is 10.1. The third kappa shape index (κ3) is 3.98. The van der Waals surface area contributed by atoms with E-state index < -0.39 is 0 Å². The van der Waals surface area contributed by atoms with Crippen molar-refractivity contribution in [2.24, 2.45) is 0 Å². The van der Waals surface area contributed by atoms with E-state index in [2.05, 4.69) is 97.1 Å². The summed E-state index contributed by atoms with van der Waals surface area (Å²) < 4.78 is 6.57. The molecular weight excluding hydrogens is 574 g/mol. The summed E-state index contributed by atoms with van der Waals surface area (Å²) in [7, 11) is 0. The molecule has 218 valence electrons. The topological polar surface area (TPSA) is 51.8 Å². The summed E-state index contributed by atoms with van der Waals surface area (Å²) in [6, 6.07) is 52.6. The van der Waals surface area contributed by atoms with E-state index in [1.54, 1.807) is 0 Å². The van der Waals surface area contributed by atoms with Crippen LogP contribution in [0, 0.1) is 0 Å². The van der Waals surface area contributed by atoms with Crippen LogP contribution in [0.1, 0.15) is 0 Å². The molecule has 2 aromatic heterocycles. The minimum Gasteiger partial charge on any atom is -0.455 e. The molecule has 0 unspecified atom stereocenters. The summed E-state index contributed by atoms with van der Waals surface area (Å²) in [5.74, 6) is 1.87. The molecule has 1 aliphatic rings. The van der Waals surface area contributed by atoms with Gasteiger partial charge in [0.25, 0.3) is 0 Å². The highest BCUT2D eigenvalue weighted by Crippen LogP contribution is 2.48. The Labute approximate surface area is 270 Å². The molecule has 0 saturated carbocycles. The van der Waals surface area contributed by atoms with Gasteiger partial charge in [-0.1, -0.05) is 127 Å². The second-order valence-corrected chi connectivity index (χ2v) is 12.0. The van der Waals surface area contributed by atoms with Gasteiger partial charge in [-0.15, -0.1) is 0 Å². The Morgan fingerprint density at radius 3 is 1.77 bits per heavy atom. The van der Waals surface area contributed by atoms with Crippen molar-refractivity contribution in [2.75, 3.05) is 0 Å². The lowest BCUT2D eigenvalue weighted by Gasteiger charge is -2.11. The number of aromatic nitrogens is 3. The Morgan fingerprint density at radius 1 is 0.362 bits per heavy atom. The largest absolute Gasteiger partial charge is 0.455 e. The Bertz CT molecular complexity index is 2670. The van der Waals surface area contributed by atoms with Crippen LogP contribution in [0.25, 0.3) is 100 Å². The Kier molecular flexibility index (Phi) is 5.54. The van der Waals surface area contributed by atoms with Crippen LogP contribution in [-0.4, -0.2) is 15.0 Å². The van der Waals surface area contributed by atoms with E-state index in [0.717, 1.165) is 49.8 Å². The van der Waals surface area contributed by atoms with Gasteiger partial charge in [-0.3, -0.25) is 0 Å². The number of benzene rings is 7. The summed E-state index contributed by atoms with van der Waals surface area (Å²) in [5, 5.41) is 4.58. The zero-order valence-electron chi connectivity index (χ0n) is 25.2. The quantitative estimate of drug-likeness (QED) is 0.202. The Balaban J connectivity index is 1.22. The van der Waals surface area contributed by atoms with Crippen molar-refractivity contribution in [1.29, 1.82) is 0 Å². The van der Waals surface area contributed by atoms with Crippen LogP contribution in [0.4, 0.5) is 0 Å². The Morgan fingerprint density at radius 2 is 0.979 bits per heavy atom. The maximum atomic E-state index is 6.57. The van der Waals surface area contributed by atoms with Crippen LogP contribution >= 0.6 is 0 Å². The lowest BCUT2D eigenvalue weighted by Crippen LogP contribution is -2.00. The summed E-state index contributed by atoms with van der Waals surface area (Å²) in [6.07, 6.45) is 0. The van der Waals surface area contributed by atoms with Gasteiger partial charge in [-0.25, -0.2) is 15.0 Å². The maximum Gasteiger partial charge on any atom is 0.164 e. The molecule has 0 radical (unpaired) electrons. The summed E-state index contributed by atoms with van der Waals surface area (Å²) in [5.41, 5.74) is 11.5. The van der Waals surface area contributed by atoms with Crippen molar-refractivity contribution in [1.82, 2.24) is 15.0 Å². The summed E-state index contributed by atoms with van der Waals surface area (Å²) in [4.78, 5) is 15.4. The number of hydrogen-bond acceptors (Lipinski definition) is 4. The van der Waals surface area contributed by atoms with Crippen LogP contribution in [0.15, 0.2) is 156 Å². The molecule has 0 atom stereocenters. The fourth-order valence-corrected chi connectivity index (χ4v) is 7.13. The van der Waals surface area contributed by atoms with Crippen molar-refractivity contribution in [3.63, 3.8) is 0 Å². The molecule has 9 aromatic rings. The second-order valence-electron chi connectivity index (χ2n) is 12.0. The number of rotatable bonds is 4. The number of fused-ring (bicyclic) bond motifs is 6. The summed E-state index contributed by atoms with van der Waals surface area (Å²) in [6.45, 7) is 0. The highest BCUT2D eigenvalue weighted by atomic mass is 16.3. The van der Waals surface area contributed by atoms with E-state index in [1.165, 1.54) is 33.0 Å². The normalized spacial score (nSPS) is 11.8. The van der Waals surface area contributed by atoms with Gasteiger partial charge >= 0.3 is 0 Å². The third-order valence-corrected chi connectivity index (χ3v) is 9.28. The zero-order chi connectivity index (χ0) is 30.9. The van der Waals surface area contributed by atoms with Crippen LogP contribution < -0.4 is 0 Å². The van der Waals surface area contributed by atoms with Gasteiger partial charge < -0.3 is 4.42 Å². The van der Waals surface area contributed by atoms with E-state index in [4.69, 9.17) is 19.4 Å². The van der Waals surface area contributed by atoms with Crippen LogP contribution in [-0.2, 0) is 0 Å². The van der Waals surface area contributed by atoms with Gasteiger partial charge in [0.15, 0.2) is 17.5 Å². The monoisotopic (exact) mass is 599 g/mol. The average molecular weight is 600 g/mol. The Hall–Kier alpha value is -6.39. The van der Waals surface area contributed by atoms with Gasteiger partial charge in [0.1, 0.15) is 11.2 Å². The summed E-state index contributed by atoms with van der Waals surface area (Å²) >= 11 is 0. The third-order valence-electron chi connectivity index (χ3n) is 9.28. The number of hydrogen-bond donors (Lipinski definition) is 0. The molecule has 4 heteroatoms. The van der Waals surface area contributed by atoms with Crippen molar-refractivity contribution in [2.45, 2.75) is 0 Å². The molecule has 1 aliphatic carbocycles. The fraction of sp³-hybridized carbons (Fsp3) is 0. The van der Waals surface area contributed by atoms with Crippen molar-refractivity contribution < 1.29 is 4.42 Å². The molecule has 7 aromatic carbocycles. The van der Waals surface area contributed by atoms with Gasteiger partial charge in [-0.2, -0.15) is 0 Å². The molecule has 0 N–H and O–H groups in total. The number of furan rings is 1. The molecule has 2 heterocycles. The SMILES string of the molecule is c1ccc(-c2nc(-c3ccc4c(c3)-c3cccc5cccc-4c35)nc(-c3ccc(-c4ccccc4)c4oc5ccccc5c34)n2)cc1. The first-order valence-corrected chi connectivity index (χ1v) is 15.8. The molecule has 10 rings (SSSR count). The van der Waals surface area contributed by atoms with Crippen molar-refractivity contribution in [3.8, 4) is 67.5 Å². The molecular formula is C43H25N3O. The molecule has 0 spiro atoms. The van der Waals surface area contributed by atoms with E-state index in [1.807, 2.05) is 54.6 Å². The van der Waals surface area contributed by atoms with Gasteiger partial charge in [-0.05, 0) is 62.9 Å². The van der Waals surface area contributed by atoms with Crippen molar-refractivity contribution in [3.05, 3.63) is 152 Å². The molecule has 47 heavy (non-hydrogen) atoms. The van der Waals surface area contributed by atoms with Crippen molar-refractivity contribution >= 4 is 32.7 Å². The van der Waals surface area contributed by atoms with Crippen LogP contribution in [0.5, 0.6) is 0 Å². The van der Waals surface area contributed by atoms with Crippen LogP contribution in [0.3, 0.4) is 0 Å². The van der Waals surface area contributed by atoms with Gasteiger partial charge in [0, 0.05) is 33.0 Å². The maximum absolute atomic E-state index is 6.57. The lowest BCUT2D eigenvalue weighted by molar-refractivity contribution is 0.670. The predicted octanol–water partition coefficient (Wildman–Crippen LogP) is 11.2. The highest BCUT2D eigenvalue weighted by molar-refractivity contribution is 6.17.